The maximum Gasteiger partial charge on any atom is 0.340 e. The van der Waals surface area contributed by atoms with Crippen molar-refractivity contribution in [2.75, 3.05) is 11.1 Å². The molecule has 0 aliphatic rings. The van der Waals surface area contributed by atoms with Gasteiger partial charge in [0, 0.05) is 25.0 Å². The molecule has 0 atom stereocenters. The molecule has 150 valence electrons. The van der Waals surface area contributed by atoms with Gasteiger partial charge in [0.1, 0.15) is 12.4 Å². The van der Waals surface area contributed by atoms with Crippen LogP contribution in [-0.2, 0) is 23.2 Å². The van der Waals surface area contributed by atoms with Crippen molar-refractivity contribution in [1.82, 2.24) is 9.55 Å². The molecule has 9 heteroatoms. The molecule has 0 unspecified atom stereocenters. The van der Waals surface area contributed by atoms with Crippen LogP contribution in [0.25, 0.3) is 0 Å². The predicted molar refractivity (Wildman–Crippen MR) is 110 cm³/mol. The Balaban J connectivity index is 1.64. The van der Waals surface area contributed by atoms with E-state index in [0.717, 1.165) is 0 Å². The van der Waals surface area contributed by atoms with E-state index in [4.69, 9.17) is 16.3 Å². The third-order valence-corrected chi connectivity index (χ3v) is 5.35. The highest BCUT2D eigenvalue weighted by Crippen LogP contribution is 2.22. The summed E-state index contributed by atoms with van der Waals surface area (Å²) in [6.45, 7) is -0.318. The number of thioether (sulfide) groups is 1. The number of rotatable bonds is 7. The van der Waals surface area contributed by atoms with Crippen LogP contribution < -0.4 is 5.32 Å². The molecule has 0 radical (unpaired) electrons. The minimum Gasteiger partial charge on any atom is -0.457 e. The molecule has 1 aromatic heterocycles. The van der Waals surface area contributed by atoms with Gasteiger partial charge in [-0.2, -0.15) is 0 Å². The van der Waals surface area contributed by atoms with Gasteiger partial charge in [0.25, 0.3) is 0 Å². The summed E-state index contributed by atoms with van der Waals surface area (Å²) in [6, 6.07) is 10.7. The molecule has 0 saturated carbocycles. The summed E-state index contributed by atoms with van der Waals surface area (Å²) >= 11 is 7.22. The third-order valence-electron chi connectivity index (χ3n) is 3.94. The number of aromatic nitrogens is 2. The maximum atomic E-state index is 13.8. The van der Waals surface area contributed by atoms with E-state index in [1.165, 1.54) is 36.0 Å². The van der Waals surface area contributed by atoms with E-state index in [0.29, 0.717) is 10.8 Å². The molecule has 3 rings (SSSR count). The number of esters is 1. The Kier molecular flexibility index (Phi) is 6.90. The molecule has 0 aliphatic carbocycles. The van der Waals surface area contributed by atoms with E-state index < -0.39 is 11.8 Å². The van der Waals surface area contributed by atoms with Gasteiger partial charge in [-0.1, -0.05) is 41.6 Å². The van der Waals surface area contributed by atoms with Gasteiger partial charge in [-0.05, 0) is 24.3 Å². The minimum absolute atomic E-state index is 0.0931. The summed E-state index contributed by atoms with van der Waals surface area (Å²) in [6.07, 6.45) is 3.43. The third kappa shape index (κ3) is 5.36. The number of ether oxygens (including phenoxy) is 1. The Morgan fingerprint density at radius 1 is 1.24 bits per heavy atom. The van der Waals surface area contributed by atoms with Crippen molar-refractivity contribution in [1.29, 1.82) is 0 Å². The highest BCUT2D eigenvalue weighted by atomic mass is 35.5. The number of aryl methyl sites for hydroxylation is 1. The van der Waals surface area contributed by atoms with E-state index >= 15 is 0 Å². The number of hydrogen-bond acceptors (Lipinski definition) is 5. The second-order valence-corrected chi connectivity index (χ2v) is 7.33. The van der Waals surface area contributed by atoms with Crippen LogP contribution in [0.1, 0.15) is 15.9 Å². The van der Waals surface area contributed by atoms with Crippen LogP contribution in [0, 0.1) is 5.82 Å². The summed E-state index contributed by atoms with van der Waals surface area (Å²) < 4.78 is 20.8. The molecule has 0 fully saturated rings. The highest BCUT2D eigenvalue weighted by Gasteiger charge is 2.17. The van der Waals surface area contributed by atoms with Gasteiger partial charge in [0.2, 0.25) is 5.91 Å². The lowest BCUT2D eigenvalue weighted by atomic mass is 10.1. The van der Waals surface area contributed by atoms with Crippen molar-refractivity contribution in [2.24, 2.45) is 7.05 Å². The quantitative estimate of drug-likeness (QED) is 0.444. The zero-order chi connectivity index (χ0) is 20.8. The Bertz CT molecular complexity index is 1020. The summed E-state index contributed by atoms with van der Waals surface area (Å²) in [7, 11) is 1.83. The van der Waals surface area contributed by atoms with Crippen LogP contribution >= 0.6 is 23.4 Å². The molecule has 0 saturated heterocycles. The van der Waals surface area contributed by atoms with E-state index in [1.807, 2.05) is 7.05 Å². The summed E-state index contributed by atoms with van der Waals surface area (Å²) in [5.74, 6) is -1.43. The maximum absolute atomic E-state index is 13.8. The number of carbonyl (C=O) groups is 2. The summed E-state index contributed by atoms with van der Waals surface area (Å²) in [5.41, 5.74) is 0.563. The lowest BCUT2D eigenvalue weighted by molar-refractivity contribution is -0.113. The number of halogens is 2. The number of carbonyl (C=O) groups excluding carboxylic acids is 2. The molecule has 1 amide bonds. The largest absolute Gasteiger partial charge is 0.457 e. The lowest BCUT2D eigenvalue weighted by Crippen LogP contribution is -2.17. The van der Waals surface area contributed by atoms with Crippen molar-refractivity contribution in [3.05, 3.63) is 76.8 Å². The smallest absolute Gasteiger partial charge is 0.340 e. The molecule has 2 aromatic carbocycles. The van der Waals surface area contributed by atoms with Crippen molar-refractivity contribution >= 4 is 40.9 Å². The first-order valence-corrected chi connectivity index (χ1v) is 9.91. The summed E-state index contributed by atoms with van der Waals surface area (Å²) in [5, 5.41) is 3.57. The number of anilines is 1. The molecule has 0 aliphatic heterocycles. The molecular formula is C20H17ClFN3O3S. The van der Waals surface area contributed by atoms with Gasteiger partial charge in [-0.3, -0.25) is 4.79 Å². The van der Waals surface area contributed by atoms with Gasteiger partial charge < -0.3 is 14.6 Å². The minimum atomic E-state index is -0.697. The van der Waals surface area contributed by atoms with E-state index in [1.54, 1.807) is 35.2 Å². The van der Waals surface area contributed by atoms with Crippen molar-refractivity contribution in [3.8, 4) is 0 Å². The number of amides is 1. The number of imidazole rings is 1. The first kappa shape index (κ1) is 20.9. The van der Waals surface area contributed by atoms with Gasteiger partial charge in [-0.15, -0.1) is 0 Å². The Morgan fingerprint density at radius 3 is 2.76 bits per heavy atom. The van der Waals surface area contributed by atoms with Crippen molar-refractivity contribution in [3.63, 3.8) is 0 Å². The second-order valence-electron chi connectivity index (χ2n) is 5.98. The standard InChI is InChI=1S/C20H17ClFN3O3S/c1-25-10-9-23-20(25)29-12-18(26)24-17-8-3-2-5-13(17)19(27)28-11-14-15(21)6-4-7-16(14)22/h2-10H,11-12H2,1H3,(H,24,26). The molecule has 1 heterocycles. The fraction of sp³-hybridized carbons (Fsp3) is 0.150. The molecule has 0 spiro atoms. The zero-order valence-corrected chi connectivity index (χ0v) is 17.0. The first-order valence-electron chi connectivity index (χ1n) is 8.54. The number of hydrogen-bond donors (Lipinski definition) is 1. The van der Waals surface area contributed by atoms with E-state index in [2.05, 4.69) is 10.3 Å². The van der Waals surface area contributed by atoms with E-state index in [-0.39, 0.29) is 34.4 Å². The van der Waals surface area contributed by atoms with Crippen LogP contribution in [0.5, 0.6) is 0 Å². The van der Waals surface area contributed by atoms with Crippen LogP contribution in [0.4, 0.5) is 10.1 Å². The van der Waals surface area contributed by atoms with Gasteiger partial charge in [-0.25, -0.2) is 14.2 Å². The van der Waals surface area contributed by atoms with Crippen LogP contribution in [0.15, 0.2) is 60.0 Å². The Hall–Kier alpha value is -2.84. The molecular weight excluding hydrogens is 417 g/mol. The fourth-order valence-corrected chi connectivity index (χ4v) is 3.41. The average Bonchev–Trinajstić information content (AvgIpc) is 3.11. The Morgan fingerprint density at radius 2 is 2.03 bits per heavy atom. The normalized spacial score (nSPS) is 10.6. The van der Waals surface area contributed by atoms with Crippen LogP contribution in [0.2, 0.25) is 5.02 Å². The number of nitrogens with zero attached hydrogens (tertiary/aromatic N) is 2. The van der Waals surface area contributed by atoms with Gasteiger partial charge >= 0.3 is 5.97 Å². The van der Waals surface area contributed by atoms with Gasteiger partial charge in [0.05, 0.1) is 22.0 Å². The molecule has 6 nitrogen and oxygen atoms in total. The predicted octanol–water partition coefficient (Wildman–Crippen LogP) is 4.30. The van der Waals surface area contributed by atoms with E-state index in [9.17, 15) is 14.0 Å². The first-order chi connectivity index (χ1) is 14.0. The highest BCUT2D eigenvalue weighted by molar-refractivity contribution is 7.99. The zero-order valence-electron chi connectivity index (χ0n) is 15.4. The average molecular weight is 434 g/mol. The molecule has 3 aromatic rings. The molecule has 1 N–H and O–H groups in total. The second kappa shape index (κ2) is 9.58. The van der Waals surface area contributed by atoms with Crippen LogP contribution in [0.3, 0.4) is 0 Å². The molecule has 29 heavy (non-hydrogen) atoms. The number of nitrogens with one attached hydrogen (secondary N) is 1. The van der Waals surface area contributed by atoms with Crippen LogP contribution in [-0.4, -0.2) is 27.2 Å². The van der Waals surface area contributed by atoms with Gasteiger partial charge in [0.15, 0.2) is 5.16 Å². The topological polar surface area (TPSA) is 73.2 Å². The van der Waals surface area contributed by atoms with Crippen molar-refractivity contribution in [2.45, 2.75) is 11.8 Å². The lowest BCUT2D eigenvalue weighted by Gasteiger charge is -2.12. The SMILES string of the molecule is Cn1ccnc1SCC(=O)Nc1ccccc1C(=O)OCc1c(F)cccc1Cl. The number of benzene rings is 2. The Labute approximate surface area is 176 Å². The monoisotopic (exact) mass is 433 g/mol. The number of para-hydroxylation sites is 1. The fourth-order valence-electron chi connectivity index (χ4n) is 2.46. The molecule has 0 bridgehead atoms. The summed E-state index contributed by atoms with van der Waals surface area (Å²) in [4.78, 5) is 28.9. The van der Waals surface area contributed by atoms with Crippen molar-refractivity contribution < 1.29 is 18.7 Å².